The number of benzene rings is 2. The Morgan fingerprint density at radius 3 is 2.62 bits per heavy atom. The molecule has 0 unspecified atom stereocenters. The van der Waals surface area contributed by atoms with Crippen LogP contribution in [0.3, 0.4) is 0 Å². The molecule has 2 aromatic rings. The number of rotatable bonds is 9. The molecule has 0 aromatic heterocycles. The van der Waals surface area contributed by atoms with Gasteiger partial charge < -0.3 is 31.3 Å². The van der Waals surface area contributed by atoms with E-state index in [1.54, 1.807) is 7.11 Å². The lowest BCUT2D eigenvalue weighted by atomic mass is 10.1. The third kappa shape index (κ3) is 6.84. The van der Waals surface area contributed by atoms with Crippen LogP contribution in [0.4, 0.5) is 5.69 Å². The molecule has 8 nitrogen and oxygen atoms in total. The van der Waals surface area contributed by atoms with Crippen molar-refractivity contribution in [1.29, 1.82) is 0 Å². The average Bonchev–Trinajstić information content (AvgIpc) is 3.31. The third-order valence-electron chi connectivity index (χ3n) is 6.65. The number of nitrogens with two attached hydrogens (primary N) is 1. The van der Waals surface area contributed by atoms with E-state index < -0.39 is 0 Å². The van der Waals surface area contributed by atoms with E-state index in [9.17, 15) is 0 Å². The summed E-state index contributed by atoms with van der Waals surface area (Å²) in [6.45, 7) is 10.9. The summed E-state index contributed by atoms with van der Waals surface area (Å²) in [7, 11) is 1.71. The van der Waals surface area contributed by atoms with Crippen molar-refractivity contribution in [2.24, 2.45) is 15.7 Å². The molecule has 4 rings (SSSR count). The summed E-state index contributed by atoms with van der Waals surface area (Å²) in [6.07, 6.45) is 5.28. The summed E-state index contributed by atoms with van der Waals surface area (Å²) in [4.78, 5) is 11.7. The van der Waals surface area contributed by atoms with Gasteiger partial charge in [0.1, 0.15) is 23.1 Å². The second kappa shape index (κ2) is 12.3. The molecule has 2 heterocycles. The number of nitrogens with one attached hydrogen (secondary N) is 3. The summed E-state index contributed by atoms with van der Waals surface area (Å²) in [5.41, 5.74) is 11.8. The van der Waals surface area contributed by atoms with E-state index in [-0.39, 0.29) is 0 Å². The maximum Gasteiger partial charge on any atom is 0.207 e. The molecule has 37 heavy (non-hydrogen) atoms. The van der Waals surface area contributed by atoms with Gasteiger partial charge in [-0.15, -0.1) is 0 Å². The van der Waals surface area contributed by atoms with Gasteiger partial charge in [0.25, 0.3) is 0 Å². The number of amidine groups is 1. The highest BCUT2D eigenvalue weighted by Crippen LogP contribution is 2.21. The lowest BCUT2D eigenvalue weighted by Crippen LogP contribution is -2.36. The van der Waals surface area contributed by atoms with Crippen molar-refractivity contribution in [2.75, 3.05) is 32.1 Å². The van der Waals surface area contributed by atoms with Gasteiger partial charge in [-0.3, -0.25) is 0 Å². The number of hydrogen-bond acceptors (Lipinski definition) is 7. The topological polar surface area (TPSA) is 99.3 Å². The zero-order chi connectivity index (χ0) is 26.2. The molecular weight excluding hydrogens is 462 g/mol. The van der Waals surface area contributed by atoms with Gasteiger partial charge in [0.05, 0.1) is 7.11 Å². The molecule has 196 valence electrons. The number of nitrogens with zero attached hydrogens (tertiary/aromatic N) is 3. The maximum atomic E-state index is 6.61. The lowest BCUT2D eigenvalue weighted by molar-refractivity contribution is 0.281. The summed E-state index contributed by atoms with van der Waals surface area (Å²) in [5, 5.41) is 9.97. The maximum absolute atomic E-state index is 6.61. The quantitative estimate of drug-likeness (QED) is 0.410. The first-order valence-corrected chi connectivity index (χ1v) is 13.1. The summed E-state index contributed by atoms with van der Waals surface area (Å²) in [5.74, 6) is 3.32. The van der Waals surface area contributed by atoms with Crippen LogP contribution >= 0.6 is 0 Å². The number of ether oxygens (including phenoxy) is 1. The fraction of sp³-hybridized carbons (Fsp3) is 0.379. The largest absolute Gasteiger partial charge is 0.496 e. The molecule has 0 atom stereocenters. The van der Waals surface area contributed by atoms with Gasteiger partial charge in [-0.25, -0.2) is 9.98 Å². The number of piperidine rings is 1. The average molecular weight is 502 g/mol. The van der Waals surface area contributed by atoms with Crippen molar-refractivity contribution in [2.45, 2.75) is 46.0 Å². The molecule has 8 heteroatoms. The number of methoxy groups -OCH3 is 1. The van der Waals surface area contributed by atoms with E-state index in [0.29, 0.717) is 35.7 Å². The highest BCUT2D eigenvalue weighted by atomic mass is 16.5. The van der Waals surface area contributed by atoms with Gasteiger partial charge in [0.15, 0.2) is 5.84 Å². The molecule has 1 saturated heterocycles. The molecule has 0 radical (unpaired) electrons. The number of guanidine groups is 1. The Morgan fingerprint density at radius 2 is 1.92 bits per heavy atom. The monoisotopic (exact) mass is 501 g/mol. The Kier molecular flexibility index (Phi) is 8.72. The molecule has 0 amide bonds. The van der Waals surface area contributed by atoms with Gasteiger partial charge in [0, 0.05) is 25.3 Å². The fourth-order valence-electron chi connectivity index (χ4n) is 4.53. The number of aryl methyl sites for hydroxylation is 2. The van der Waals surface area contributed by atoms with Crippen LogP contribution in [-0.2, 0) is 12.8 Å². The zero-order valence-electron chi connectivity index (χ0n) is 22.2. The SMILES string of the molecule is C=C(/N=C1/NC(Nc2ccc(C)cc2)=N/C1=C(/N)N1CCCCC1)NCCc1ccc(OC)c(CC)c1. The fourth-order valence-corrected chi connectivity index (χ4v) is 4.53. The summed E-state index contributed by atoms with van der Waals surface area (Å²) >= 11 is 0. The lowest BCUT2D eigenvalue weighted by Gasteiger charge is -2.29. The first kappa shape index (κ1) is 26.1. The highest BCUT2D eigenvalue weighted by molar-refractivity contribution is 6.18. The van der Waals surface area contributed by atoms with Crippen LogP contribution in [0.5, 0.6) is 5.75 Å². The van der Waals surface area contributed by atoms with E-state index in [2.05, 4.69) is 65.5 Å². The summed E-state index contributed by atoms with van der Waals surface area (Å²) in [6, 6.07) is 14.5. The Hall–Kier alpha value is -3.94. The van der Waals surface area contributed by atoms with Crippen LogP contribution in [-0.4, -0.2) is 43.4 Å². The third-order valence-corrected chi connectivity index (χ3v) is 6.65. The normalized spacial score (nSPS) is 17.8. The van der Waals surface area contributed by atoms with E-state index in [4.69, 9.17) is 20.5 Å². The van der Waals surface area contributed by atoms with Crippen molar-refractivity contribution in [3.05, 3.63) is 83.1 Å². The number of anilines is 1. The Balaban J connectivity index is 1.46. The van der Waals surface area contributed by atoms with Gasteiger partial charge in [-0.1, -0.05) is 43.3 Å². The summed E-state index contributed by atoms with van der Waals surface area (Å²) < 4.78 is 5.44. The molecule has 0 aliphatic carbocycles. The molecular formula is C29H39N7O. The van der Waals surface area contributed by atoms with Crippen molar-refractivity contribution < 1.29 is 4.74 Å². The minimum Gasteiger partial charge on any atom is -0.496 e. The molecule has 2 aromatic carbocycles. The number of hydrogen-bond donors (Lipinski definition) is 4. The first-order valence-electron chi connectivity index (χ1n) is 13.1. The molecule has 2 aliphatic heterocycles. The molecule has 0 spiro atoms. The van der Waals surface area contributed by atoms with Crippen LogP contribution < -0.4 is 26.4 Å². The van der Waals surface area contributed by atoms with Crippen molar-refractivity contribution in [3.8, 4) is 5.75 Å². The second-order valence-electron chi connectivity index (χ2n) is 9.44. The number of likely N-dealkylation sites (tertiary alicyclic amines) is 1. The predicted octanol–water partition coefficient (Wildman–Crippen LogP) is 4.25. The van der Waals surface area contributed by atoms with Gasteiger partial charge >= 0.3 is 0 Å². The van der Waals surface area contributed by atoms with Crippen LogP contribution in [0.15, 0.2) is 76.4 Å². The van der Waals surface area contributed by atoms with E-state index in [1.165, 1.54) is 23.1 Å². The Morgan fingerprint density at radius 1 is 1.16 bits per heavy atom. The molecule has 2 aliphatic rings. The Bertz CT molecular complexity index is 1190. The van der Waals surface area contributed by atoms with Crippen molar-refractivity contribution >= 4 is 17.5 Å². The standard InChI is InChI=1S/C29H39N7O/c1-5-23-19-22(11-14-25(23)37-4)15-16-31-21(3)32-28-26(27(30)36-17-7-6-8-18-36)34-29(35-28)33-24-12-9-20(2)10-13-24/h9-14,19,31H,3,5-8,15-18,30H2,1-2,4H3,(H2,32,33,34,35)/b27-26-. The van der Waals surface area contributed by atoms with Crippen LogP contribution in [0.25, 0.3) is 0 Å². The van der Waals surface area contributed by atoms with E-state index in [0.717, 1.165) is 50.2 Å². The first-order chi connectivity index (χ1) is 18.0. The number of aliphatic imine (C=N–C) groups is 2. The molecule has 1 fully saturated rings. The molecule has 5 N–H and O–H groups in total. The van der Waals surface area contributed by atoms with Crippen molar-refractivity contribution in [3.63, 3.8) is 0 Å². The van der Waals surface area contributed by atoms with Crippen LogP contribution in [0, 0.1) is 6.92 Å². The molecule has 0 bridgehead atoms. The van der Waals surface area contributed by atoms with Gasteiger partial charge in [-0.2, -0.15) is 0 Å². The predicted molar refractivity (Wildman–Crippen MR) is 153 cm³/mol. The minimum atomic E-state index is 0.558. The molecule has 0 saturated carbocycles. The van der Waals surface area contributed by atoms with Gasteiger partial charge in [-0.05, 0) is 68.4 Å². The van der Waals surface area contributed by atoms with Crippen molar-refractivity contribution in [1.82, 2.24) is 15.5 Å². The van der Waals surface area contributed by atoms with E-state index in [1.807, 2.05) is 18.2 Å². The van der Waals surface area contributed by atoms with E-state index >= 15 is 0 Å². The zero-order valence-corrected chi connectivity index (χ0v) is 22.2. The minimum absolute atomic E-state index is 0.558. The second-order valence-corrected chi connectivity index (χ2v) is 9.44. The highest BCUT2D eigenvalue weighted by Gasteiger charge is 2.25. The smallest absolute Gasteiger partial charge is 0.207 e. The van der Waals surface area contributed by atoms with Crippen LogP contribution in [0.1, 0.15) is 42.9 Å². The van der Waals surface area contributed by atoms with Crippen LogP contribution in [0.2, 0.25) is 0 Å². The van der Waals surface area contributed by atoms with Gasteiger partial charge in [0.2, 0.25) is 5.96 Å². The Labute approximate surface area is 220 Å².